The molecule has 0 bridgehead atoms. The minimum atomic E-state index is -0.137. The lowest BCUT2D eigenvalue weighted by Gasteiger charge is -2.05. The Kier molecular flexibility index (Phi) is 3.67. The lowest BCUT2D eigenvalue weighted by molar-refractivity contribution is -0.107. The van der Waals surface area contributed by atoms with E-state index in [1.54, 1.807) is 6.26 Å². The number of halogens is 2. The highest BCUT2D eigenvalue weighted by atomic mass is 35.5. The van der Waals surface area contributed by atoms with Crippen molar-refractivity contribution in [1.82, 2.24) is 0 Å². The molecule has 1 aliphatic carbocycles. The summed E-state index contributed by atoms with van der Waals surface area (Å²) in [6.07, 6.45) is 1.72. The highest BCUT2D eigenvalue weighted by Gasteiger charge is 2.26. The van der Waals surface area contributed by atoms with Crippen LogP contribution in [0.1, 0.15) is 18.1 Å². The number of benzene rings is 1. The van der Waals surface area contributed by atoms with E-state index >= 15 is 0 Å². The van der Waals surface area contributed by atoms with Crippen LogP contribution in [0.25, 0.3) is 10.6 Å². The number of hydrogen-bond acceptors (Lipinski definition) is 2. The summed E-state index contributed by atoms with van der Waals surface area (Å²) in [5.74, 6) is 0. The molecular formula is C13H10Cl2OS. The van der Waals surface area contributed by atoms with E-state index in [2.05, 4.69) is 0 Å². The first-order valence-electron chi connectivity index (χ1n) is 5.02. The van der Waals surface area contributed by atoms with Crippen LogP contribution >= 0.6 is 35.0 Å². The lowest BCUT2D eigenvalue weighted by atomic mass is 10.0. The minimum absolute atomic E-state index is 0.137. The second-order valence-electron chi connectivity index (χ2n) is 3.67. The molecule has 0 N–H and O–H groups in total. The molecule has 88 valence electrons. The van der Waals surface area contributed by atoms with E-state index in [0.717, 1.165) is 34.0 Å². The Morgan fingerprint density at radius 1 is 1.24 bits per heavy atom. The molecular weight excluding hydrogens is 275 g/mol. The van der Waals surface area contributed by atoms with Crippen LogP contribution in [0.5, 0.6) is 0 Å². The first-order chi connectivity index (χ1) is 8.07. The summed E-state index contributed by atoms with van der Waals surface area (Å²) in [5.41, 5.74) is 3.49. The highest BCUT2D eigenvalue weighted by Crippen LogP contribution is 2.45. The fraction of sp³-hybridized carbons (Fsp3) is 0.154. The fourth-order valence-electron chi connectivity index (χ4n) is 1.88. The van der Waals surface area contributed by atoms with E-state index < -0.39 is 0 Å². The summed E-state index contributed by atoms with van der Waals surface area (Å²) in [6.45, 7) is 1.88. The summed E-state index contributed by atoms with van der Waals surface area (Å²) in [7, 11) is 0. The summed E-state index contributed by atoms with van der Waals surface area (Å²) >= 11 is 13.5. The number of hydrogen-bond donors (Lipinski definition) is 0. The Hall–Kier alpha value is -0.700. The zero-order valence-corrected chi connectivity index (χ0v) is 11.7. The summed E-state index contributed by atoms with van der Waals surface area (Å²) in [4.78, 5) is 11.7. The van der Waals surface area contributed by atoms with Gasteiger partial charge in [-0.3, -0.25) is 4.79 Å². The first-order valence-corrected chi connectivity index (χ1v) is 7.00. The van der Waals surface area contributed by atoms with Gasteiger partial charge in [0, 0.05) is 11.1 Å². The summed E-state index contributed by atoms with van der Waals surface area (Å²) in [6, 6.07) is 7.69. The SMILES string of the molecule is CSC(=O)/C(Cl)=C1\C(C)=C(Cl)c2ccccc21. The average molecular weight is 285 g/mol. The normalized spacial score (nSPS) is 17.2. The van der Waals surface area contributed by atoms with Crippen molar-refractivity contribution in [3.8, 4) is 0 Å². The molecule has 0 saturated heterocycles. The van der Waals surface area contributed by atoms with Crippen LogP contribution in [0.2, 0.25) is 0 Å². The van der Waals surface area contributed by atoms with Crippen LogP contribution in [-0.4, -0.2) is 11.4 Å². The molecule has 1 aromatic carbocycles. The van der Waals surface area contributed by atoms with Gasteiger partial charge in [0.15, 0.2) is 0 Å². The second kappa shape index (κ2) is 4.89. The zero-order chi connectivity index (χ0) is 12.6. The molecule has 17 heavy (non-hydrogen) atoms. The minimum Gasteiger partial charge on any atom is -0.281 e. The molecule has 4 heteroatoms. The standard InChI is InChI=1S/C13H10Cl2OS/c1-7-10(12(15)13(16)17-2)8-5-3-4-6-9(8)11(7)14/h3-6H,1-2H3/b12-10-. The van der Waals surface area contributed by atoms with Gasteiger partial charge >= 0.3 is 0 Å². The highest BCUT2D eigenvalue weighted by molar-refractivity contribution is 8.13. The third-order valence-electron chi connectivity index (χ3n) is 2.72. The van der Waals surface area contributed by atoms with Crippen LogP contribution in [-0.2, 0) is 4.79 Å². The lowest BCUT2D eigenvalue weighted by Crippen LogP contribution is -1.95. The van der Waals surface area contributed by atoms with Crippen LogP contribution < -0.4 is 0 Å². The number of thioether (sulfide) groups is 1. The molecule has 2 rings (SSSR count). The van der Waals surface area contributed by atoms with Crippen molar-refractivity contribution in [2.24, 2.45) is 0 Å². The quantitative estimate of drug-likeness (QED) is 0.706. The summed E-state index contributed by atoms with van der Waals surface area (Å²) in [5, 5.41) is 0.780. The van der Waals surface area contributed by atoms with Gasteiger partial charge in [-0.2, -0.15) is 0 Å². The number of allylic oxidation sites excluding steroid dienone is 2. The van der Waals surface area contributed by atoms with Gasteiger partial charge < -0.3 is 0 Å². The van der Waals surface area contributed by atoms with Gasteiger partial charge in [0.2, 0.25) is 5.12 Å². The molecule has 0 aliphatic heterocycles. The van der Waals surface area contributed by atoms with Gasteiger partial charge in [0.1, 0.15) is 5.03 Å². The molecule has 1 nitrogen and oxygen atoms in total. The van der Waals surface area contributed by atoms with Gasteiger partial charge in [0.05, 0.1) is 5.03 Å². The Bertz CT molecular complexity index is 558. The molecule has 0 radical (unpaired) electrons. The van der Waals surface area contributed by atoms with Crippen molar-refractivity contribution < 1.29 is 4.79 Å². The smallest absolute Gasteiger partial charge is 0.231 e. The largest absolute Gasteiger partial charge is 0.281 e. The van der Waals surface area contributed by atoms with Crippen molar-refractivity contribution in [1.29, 1.82) is 0 Å². The van der Waals surface area contributed by atoms with Crippen molar-refractivity contribution in [3.05, 3.63) is 46.0 Å². The Morgan fingerprint density at radius 2 is 1.82 bits per heavy atom. The van der Waals surface area contributed by atoms with E-state index in [1.165, 1.54) is 0 Å². The molecule has 1 aromatic rings. The van der Waals surface area contributed by atoms with Gasteiger partial charge in [-0.15, -0.1) is 0 Å². The molecule has 0 saturated carbocycles. The monoisotopic (exact) mass is 284 g/mol. The van der Waals surface area contributed by atoms with E-state index in [-0.39, 0.29) is 10.1 Å². The molecule has 1 aliphatic rings. The van der Waals surface area contributed by atoms with Crippen LogP contribution in [0.15, 0.2) is 34.9 Å². The third-order valence-corrected chi connectivity index (χ3v) is 4.26. The molecule has 0 atom stereocenters. The average Bonchev–Trinajstić information content (AvgIpc) is 2.61. The van der Waals surface area contributed by atoms with Crippen molar-refractivity contribution >= 4 is 50.7 Å². The maximum Gasteiger partial charge on any atom is 0.231 e. The Labute approximate surface area is 114 Å². The van der Waals surface area contributed by atoms with E-state index in [1.807, 2.05) is 31.2 Å². The maximum absolute atomic E-state index is 11.7. The van der Waals surface area contributed by atoms with E-state index in [0.29, 0.717) is 5.03 Å². The molecule has 0 fully saturated rings. The molecule has 0 spiro atoms. The van der Waals surface area contributed by atoms with Gasteiger partial charge in [-0.1, -0.05) is 59.2 Å². The Balaban J connectivity index is 2.69. The van der Waals surface area contributed by atoms with E-state index in [4.69, 9.17) is 23.2 Å². The van der Waals surface area contributed by atoms with Gasteiger partial charge in [0.25, 0.3) is 0 Å². The zero-order valence-electron chi connectivity index (χ0n) is 9.38. The number of rotatable bonds is 1. The van der Waals surface area contributed by atoms with Crippen molar-refractivity contribution in [3.63, 3.8) is 0 Å². The third kappa shape index (κ3) is 2.05. The van der Waals surface area contributed by atoms with Crippen molar-refractivity contribution in [2.45, 2.75) is 6.92 Å². The first kappa shape index (κ1) is 12.7. The number of carbonyl (C=O) groups excluding carboxylic acids is 1. The van der Waals surface area contributed by atoms with Crippen LogP contribution in [0, 0.1) is 0 Å². The predicted octanol–water partition coefficient (Wildman–Crippen LogP) is 4.51. The predicted molar refractivity (Wildman–Crippen MR) is 76.2 cm³/mol. The molecule has 0 unspecified atom stereocenters. The van der Waals surface area contributed by atoms with Crippen molar-refractivity contribution in [2.75, 3.05) is 6.26 Å². The maximum atomic E-state index is 11.7. The fourth-order valence-corrected chi connectivity index (χ4v) is 2.90. The molecule has 0 aromatic heterocycles. The summed E-state index contributed by atoms with van der Waals surface area (Å²) < 4.78 is 0. The topological polar surface area (TPSA) is 17.1 Å². The van der Waals surface area contributed by atoms with E-state index in [9.17, 15) is 4.79 Å². The van der Waals surface area contributed by atoms with Crippen LogP contribution in [0.4, 0.5) is 0 Å². The molecule has 0 heterocycles. The Morgan fingerprint density at radius 3 is 2.41 bits per heavy atom. The second-order valence-corrected chi connectivity index (χ2v) is 5.20. The van der Waals surface area contributed by atoms with Gasteiger partial charge in [-0.05, 0) is 24.3 Å². The van der Waals surface area contributed by atoms with Crippen LogP contribution in [0.3, 0.4) is 0 Å². The number of carbonyl (C=O) groups is 1. The number of fused-ring (bicyclic) bond motifs is 1. The molecule has 0 amide bonds. The van der Waals surface area contributed by atoms with Gasteiger partial charge in [-0.25, -0.2) is 0 Å².